The maximum atomic E-state index is 12.7. The van der Waals surface area contributed by atoms with E-state index in [0.29, 0.717) is 6.61 Å². The van der Waals surface area contributed by atoms with Crippen molar-refractivity contribution < 1.29 is 9.53 Å². The van der Waals surface area contributed by atoms with E-state index in [2.05, 4.69) is 25.5 Å². The first-order valence-corrected chi connectivity index (χ1v) is 11.8. The summed E-state index contributed by atoms with van der Waals surface area (Å²) in [6.07, 6.45) is 5.86. The highest BCUT2D eigenvalue weighted by atomic mass is 32.1. The van der Waals surface area contributed by atoms with Crippen LogP contribution >= 0.6 is 11.3 Å². The highest BCUT2D eigenvalue weighted by molar-refractivity contribution is 7.19. The molecule has 166 valence electrons. The van der Waals surface area contributed by atoms with Crippen LogP contribution in [0.5, 0.6) is 5.75 Å². The Morgan fingerprint density at radius 3 is 3.03 bits per heavy atom. The Hall–Kier alpha value is -3.20. The Morgan fingerprint density at radius 1 is 1.34 bits per heavy atom. The van der Waals surface area contributed by atoms with Crippen LogP contribution in [0.1, 0.15) is 30.7 Å². The average molecular weight is 451 g/mol. The number of hydrogen-bond acceptors (Lipinski definition) is 7. The van der Waals surface area contributed by atoms with Gasteiger partial charge in [-0.1, -0.05) is 0 Å². The second-order valence-corrected chi connectivity index (χ2v) is 9.15. The van der Waals surface area contributed by atoms with Gasteiger partial charge in [-0.15, -0.1) is 11.3 Å². The summed E-state index contributed by atoms with van der Waals surface area (Å²) in [5, 5.41) is 12.7. The first-order valence-electron chi connectivity index (χ1n) is 11.0. The third-order valence-electron chi connectivity index (χ3n) is 6.14. The summed E-state index contributed by atoms with van der Waals surface area (Å²) < 4.78 is 5.87. The molecule has 2 N–H and O–H groups in total. The summed E-state index contributed by atoms with van der Waals surface area (Å²) in [5.41, 5.74) is 3.03. The minimum absolute atomic E-state index is 0.0398. The smallest absolute Gasteiger partial charge is 0.225 e. The third kappa shape index (κ3) is 3.56. The molecule has 1 aliphatic rings. The summed E-state index contributed by atoms with van der Waals surface area (Å²) in [4.78, 5) is 25.8. The predicted octanol–water partition coefficient (Wildman–Crippen LogP) is 4.29. The van der Waals surface area contributed by atoms with Gasteiger partial charge < -0.3 is 15.0 Å². The minimum atomic E-state index is 0.0398. The number of aryl methyl sites for hydroxylation is 1. The zero-order valence-corrected chi connectivity index (χ0v) is 19.3. The minimum Gasteiger partial charge on any atom is -0.492 e. The van der Waals surface area contributed by atoms with Gasteiger partial charge in [0.2, 0.25) is 5.91 Å². The van der Waals surface area contributed by atoms with E-state index in [0.717, 1.165) is 64.2 Å². The van der Waals surface area contributed by atoms with E-state index in [9.17, 15) is 4.79 Å². The fraction of sp³-hybridized carbons (Fsp3) is 0.391. The summed E-state index contributed by atoms with van der Waals surface area (Å²) in [5.74, 6) is 1.79. The molecule has 1 atom stereocenters. The Morgan fingerprint density at radius 2 is 2.22 bits per heavy atom. The molecule has 0 saturated carbocycles. The van der Waals surface area contributed by atoms with Gasteiger partial charge in [-0.3, -0.25) is 9.89 Å². The molecular weight excluding hydrogens is 424 g/mol. The quantitative estimate of drug-likeness (QED) is 0.455. The number of ether oxygens (including phenoxy) is 1. The van der Waals surface area contributed by atoms with Crippen LogP contribution in [0.4, 0.5) is 11.5 Å². The molecule has 0 saturated heterocycles. The molecule has 0 aliphatic heterocycles. The maximum absolute atomic E-state index is 12.7. The van der Waals surface area contributed by atoms with Crippen LogP contribution in [0.3, 0.4) is 0 Å². The number of rotatable bonds is 6. The number of nitrogens with one attached hydrogen (secondary N) is 2. The Bertz CT molecular complexity index is 1300. The molecule has 1 aliphatic carbocycles. The highest BCUT2D eigenvalue weighted by Crippen LogP contribution is 2.41. The Kier molecular flexibility index (Phi) is 5.42. The van der Waals surface area contributed by atoms with Crippen molar-refractivity contribution in [1.82, 2.24) is 25.1 Å². The van der Waals surface area contributed by atoms with Crippen LogP contribution in [0.25, 0.3) is 21.1 Å². The second-order valence-electron chi connectivity index (χ2n) is 8.06. The summed E-state index contributed by atoms with van der Waals surface area (Å²) in [6.45, 7) is 5.27. The van der Waals surface area contributed by atoms with E-state index in [4.69, 9.17) is 4.74 Å². The summed E-state index contributed by atoms with van der Waals surface area (Å²) >= 11 is 1.68. The van der Waals surface area contributed by atoms with E-state index in [1.807, 2.05) is 37.9 Å². The molecule has 5 rings (SSSR count). The Labute approximate surface area is 190 Å². The number of fused-ring (bicyclic) bond motifs is 4. The number of hydrogen-bond donors (Lipinski definition) is 2. The van der Waals surface area contributed by atoms with Crippen molar-refractivity contribution in [2.75, 3.05) is 25.5 Å². The van der Waals surface area contributed by atoms with Gasteiger partial charge in [0.25, 0.3) is 0 Å². The molecule has 3 aromatic heterocycles. The molecule has 0 radical (unpaired) electrons. The molecule has 0 fully saturated rings. The summed E-state index contributed by atoms with van der Waals surface area (Å²) in [7, 11) is 1.88. The molecule has 32 heavy (non-hydrogen) atoms. The zero-order chi connectivity index (χ0) is 22.2. The lowest BCUT2D eigenvalue weighted by Crippen LogP contribution is -2.35. The van der Waals surface area contributed by atoms with Crippen molar-refractivity contribution in [3.05, 3.63) is 35.1 Å². The van der Waals surface area contributed by atoms with Crippen molar-refractivity contribution in [2.45, 2.75) is 33.1 Å². The zero-order valence-electron chi connectivity index (χ0n) is 18.4. The van der Waals surface area contributed by atoms with E-state index in [1.54, 1.807) is 23.9 Å². The predicted molar refractivity (Wildman–Crippen MR) is 127 cm³/mol. The number of carbonyl (C=O) groups is 1. The van der Waals surface area contributed by atoms with Gasteiger partial charge in [0.15, 0.2) is 0 Å². The van der Waals surface area contributed by atoms with Gasteiger partial charge in [0.1, 0.15) is 22.7 Å². The SMILES string of the molecule is CCOc1cc2[nH]ncc2cc1Nc1ncnc2sc3c(c12)CCC(C(=O)N(C)CC)C3. The fourth-order valence-corrected chi connectivity index (χ4v) is 5.62. The van der Waals surface area contributed by atoms with Crippen molar-refractivity contribution in [3.8, 4) is 5.75 Å². The number of benzene rings is 1. The van der Waals surface area contributed by atoms with Crippen molar-refractivity contribution >= 4 is 49.9 Å². The van der Waals surface area contributed by atoms with Crippen molar-refractivity contribution in [1.29, 1.82) is 0 Å². The van der Waals surface area contributed by atoms with Gasteiger partial charge in [-0.25, -0.2) is 9.97 Å². The number of aromatic amines is 1. The molecule has 4 aromatic rings. The largest absolute Gasteiger partial charge is 0.492 e. The molecule has 9 heteroatoms. The second kappa shape index (κ2) is 8.38. The van der Waals surface area contributed by atoms with Crippen LogP contribution in [-0.4, -0.2) is 51.2 Å². The van der Waals surface area contributed by atoms with E-state index in [-0.39, 0.29) is 11.8 Å². The van der Waals surface area contributed by atoms with E-state index < -0.39 is 0 Å². The molecular formula is C23H26N6O2S. The maximum Gasteiger partial charge on any atom is 0.225 e. The van der Waals surface area contributed by atoms with Gasteiger partial charge in [-0.05, 0) is 44.7 Å². The molecule has 3 heterocycles. The van der Waals surface area contributed by atoms with Crippen LogP contribution in [0.2, 0.25) is 0 Å². The first kappa shape index (κ1) is 20.7. The number of nitrogens with zero attached hydrogens (tertiary/aromatic N) is 4. The molecule has 1 unspecified atom stereocenters. The van der Waals surface area contributed by atoms with Crippen LogP contribution in [-0.2, 0) is 17.6 Å². The standard InChI is InChI=1S/C23H26N6O2S/c1-4-29(3)23(30)13-6-7-15-19(9-13)32-22-20(15)21(24-12-25-22)27-17-8-14-11-26-28-16(14)10-18(17)31-5-2/h8,10-13H,4-7,9H2,1-3H3,(H,26,28)(H,24,25,27). The first-order chi connectivity index (χ1) is 15.6. The highest BCUT2D eigenvalue weighted by Gasteiger charge is 2.30. The molecule has 8 nitrogen and oxygen atoms in total. The molecule has 1 amide bonds. The van der Waals surface area contributed by atoms with Crippen LogP contribution < -0.4 is 10.1 Å². The number of amides is 1. The summed E-state index contributed by atoms with van der Waals surface area (Å²) in [6, 6.07) is 3.97. The molecule has 0 spiro atoms. The molecule has 0 bridgehead atoms. The molecule has 1 aromatic carbocycles. The van der Waals surface area contributed by atoms with Gasteiger partial charge >= 0.3 is 0 Å². The fourth-order valence-electron chi connectivity index (χ4n) is 4.36. The third-order valence-corrected chi connectivity index (χ3v) is 7.30. The lowest BCUT2D eigenvalue weighted by Gasteiger charge is -2.26. The van der Waals surface area contributed by atoms with Gasteiger partial charge in [-0.2, -0.15) is 5.10 Å². The van der Waals surface area contributed by atoms with E-state index in [1.165, 1.54) is 10.4 Å². The van der Waals surface area contributed by atoms with Crippen molar-refractivity contribution in [3.63, 3.8) is 0 Å². The number of H-pyrrole nitrogens is 1. The van der Waals surface area contributed by atoms with Crippen LogP contribution in [0.15, 0.2) is 24.7 Å². The van der Waals surface area contributed by atoms with Crippen molar-refractivity contribution in [2.24, 2.45) is 5.92 Å². The number of aromatic nitrogens is 4. The van der Waals surface area contributed by atoms with Gasteiger partial charge in [0, 0.05) is 35.8 Å². The number of anilines is 2. The lowest BCUT2D eigenvalue weighted by atomic mass is 9.87. The lowest BCUT2D eigenvalue weighted by molar-refractivity contribution is -0.134. The topological polar surface area (TPSA) is 96.0 Å². The normalized spacial score (nSPS) is 15.7. The van der Waals surface area contributed by atoms with Crippen LogP contribution in [0, 0.1) is 5.92 Å². The number of carbonyl (C=O) groups excluding carboxylic acids is 1. The number of thiophene rings is 1. The Balaban J connectivity index is 1.52. The van der Waals surface area contributed by atoms with E-state index >= 15 is 0 Å². The monoisotopic (exact) mass is 450 g/mol. The average Bonchev–Trinajstić information content (AvgIpc) is 3.42. The van der Waals surface area contributed by atoms with Gasteiger partial charge in [0.05, 0.1) is 29.4 Å².